The highest BCUT2D eigenvalue weighted by atomic mass is 15.0. The summed E-state index contributed by atoms with van der Waals surface area (Å²) >= 11 is 0. The third kappa shape index (κ3) is 1.63. The largest absolute Gasteiger partial charge is 0.345 e. The molecular weight excluding hydrogens is 196 g/mol. The van der Waals surface area contributed by atoms with Gasteiger partial charge in [0.15, 0.2) is 0 Å². The minimum atomic E-state index is 0.423. The van der Waals surface area contributed by atoms with Crippen molar-refractivity contribution < 1.29 is 0 Å². The maximum atomic E-state index is 5.77. The molecule has 86 valence electrons. The van der Waals surface area contributed by atoms with Crippen molar-refractivity contribution in [3.63, 3.8) is 0 Å². The molecule has 2 N–H and O–H groups in total. The zero-order valence-electron chi connectivity index (χ0n) is 10.3. The maximum absolute atomic E-state index is 5.77. The lowest BCUT2D eigenvalue weighted by atomic mass is 10.1. The normalized spacial score (nSPS) is 13.2. The molecule has 0 aliphatic rings. The van der Waals surface area contributed by atoms with Crippen molar-refractivity contribution in [1.82, 2.24) is 4.57 Å². The van der Waals surface area contributed by atoms with E-state index in [9.17, 15) is 0 Å². The average molecular weight is 216 g/mol. The third-order valence-electron chi connectivity index (χ3n) is 3.37. The van der Waals surface area contributed by atoms with Crippen molar-refractivity contribution in [1.29, 1.82) is 0 Å². The van der Waals surface area contributed by atoms with Gasteiger partial charge in [0, 0.05) is 35.6 Å². The summed E-state index contributed by atoms with van der Waals surface area (Å²) in [5.41, 5.74) is 9.80. The number of aromatic nitrogens is 1. The molecule has 0 aliphatic heterocycles. The molecule has 1 heterocycles. The third-order valence-corrected chi connectivity index (χ3v) is 3.37. The second kappa shape index (κ2) is 4.30. The molecular formula is C14H20N2. The number of hydrogen-bond acceptors (Lipinski definition) is 1. The summed E-state index contributed by atoms with van der Waals surface area (Å²) in [6.07, 6.45) is 0. The minimum absolute atomic E-state index is 0.423. The zero-order chi connectivity index (χ0) is 11.7. The summed E-state index contributed by atoms with van der Waals surface area (Å²) in [6, 6.07) is 8.78. The van der Waals surface area contributed by atoms with Crippen LogP contribution in [0.2, 0.25) is 0 Å². The van der Waals surface area contributed by atoms with Crippen LogP contribution in [0, 0.1) is 6.92 Å². The van der Waals surface area contributed by atoms with Crippen molar-refractivity contribution in [3.05, 3.63) is 35.5 Å². The van der Waals surface area contributed by atoms with Gasteiger partial charge < -0.3 is 10.3 Å². The molecule has 0 spiro atoms. The molecule has 1 aromatic carbocycles. The molecule has 0 aliphatic carbocycles. The molecule has 0 amide bonds. The smallest absolute Gasteiger partial charge is 0.0485 e. The predicted molar refractivity (Wildman–Crippen MR) is 69.8 cm³/mol. The molecule has 0 fully saturated rings. The van der Waals surface area contributed by atoms with Gasteiger partial charge in [0.1, 0.15) is 0 Å². The van der Waals surface area contributed by atoms with Gasteiger partial charge in [-0.15, -0.1) is 0 Å². The van der Waals surface area contributed by atoms with Gasteiger partial charge in [-0.3, -0.25) is 0 Å². The Hall–Kier alpha value is -1.28. The van der Waals surface area contributed by atoms with E-state index in [0.717, 1.165) is 6.54 Å². The highest BCUT2D eigenvalue weighted by Gasteiger charge is 2.13. The molecule has 0 bridgehead atoms. The second-order valence-electron chi connectivity index (χ2n) is 4.46. The number of benzene rings is 1. The van der Waals surface area contributed by atoms with E-state index in [1.165, 1.54) is 22.2 Å². The van der Waals surface area contributed by atoms with Crippen molar-refractivity contribution in [2.75, 3.05) is 6.54 Å². The van der Waals surface area contributed by atoms with Crippen LogP contribution < -0.4 is 5.73 Å². The first kappa shape index (κ1) is 11.2. The Bertz CT molecular complexity index is 497. The van der Waals surface area contributed by atoms with E-state index in [2.05, 4.69) is 49.6 Å². The fraction of sp³-hybridized carbons (Fsp3) is 0.429. The molecule has 2 heteroatoms. The molecule has 16 heavy (non-hydrogen) atoms. The fourth-order valence-corrected chi connectivity index (χ4v) is 2.34. The van der Waals surface area contributed by atoms with Crippen LogP contribution in [0.4, 0.5) is 0 Å². The van der Waals surface area contributed by atoms with E-state index >= 15 is 0 Å². The predicted octanol–water partition coefficient (Wildman–Crippen LogP) is 3.03. The number of nitrogens with zero attached hydrogens (tertiary/aromatic N) is 1. The van der Waals surface area contributed by atoms with Crippen LogP contribution in [-0.2, 0) is 6.54 Å². The quantitative estimate of drug-likeness (QED) is 0.840. The van der Waals surface area contributed by atoms with Crippen molar-refractivity contribution in [3.8, 4) is 0 Å². The van der Waals surface area contributed by atoms with Gasteiger partial charge in [-0.25, -0.2) is 0 Å². The summed E-state index contributed by atoms with van der Waals surface area (Å²) in [4.78, 5) is 0. The average Bonchev–Trinajstić information content (AvgIpc) is 2.68. The van der Waals surface area contributed by atoms with Crippen LogP contribution in [-0.4, -0.2) is 11.1 Å². The van der Waals surface area contributed by atoms with Crippen molar-refractivity contribution >= 4 is 10.9 Å². The summed E-state index contributed by atoms with van der Waals surface area (Å²) in [6.45, 7) is 8.26. The van der Waals surface area contributed by atoms with Crippen molar-refractivity contribution in [2.24, 2.45) is 5.73 Å². The Labute approximate surface area is 97.1 Å². The molecule has 1 unspecified atom stereocenters. The molecule has 1 aromatic heterocycles. The number of rotatable bonds is 3. The minimum Gasteiger partial charge on any atom is -0.345 e. The molecule has 1 atom stereocenters. The Morgan fingerprint density at radius 2 is 2.12 bits per heavy atom. The maximum Gasteiger partial charge on any atom is 0.0485 e. The molecule has 0 saturated carbocycles. The molecule has 2 aromatic rings. The van der Waals surface area contributed by atoms with Crippen LogP contribution in [0.1, 0.15) is 31.0 Å². The first-order valence-corrected chi connectivity index (χ1v) is 5.97. The zero-order valence-corrected chi connectivity index (χ0v) is 10.3. The van der Waals surface area contributed by atoms with E-state index < -0.39 is 0 Å². The van der Waals surface area contributed by atoms with Crippen LogP contribution in [0.3, 0.4) is 0 Å². The van der Waals surface area contributed by atoms with Gasteiger partial charge in [-0.2, -0.15) is 0 Å². The Kier molecular flexibility index (Phi) is 3.01. The van der Waals surface area contributed by atoms with Gasteiger partial charge >= 0.3 is 0 Å². The van der Waals surface area contributed by atoms with Crippen LogP contribution in [0.5, 0.6) is 0 Å². The summed E-state index contributed by atoms with van der Waals surface area (Å²) in [5.74, 6) is 0.423. The Morgan fingerprint density at radius 3 is 2.75 bits per heavy atom. The van der Waals surface area contributed by atoms with Crippen LogP contribution in [0.15, 0.2) is 24.3 Å². The van der Waals surface area contributed by atoms with Gasteiger partial charge in [-0.05, 0) is 31.5 Å². The van der Waals surface area contributed by atoms with Crippen LogP contribution in [0.25, 0.3) is 10.9 Å². The van der Waals surface area contributed by atoms with Crippen molar-refractivity contribution in [2.45, 2.75) is 33.2 Å². The van der Waals surface area contributed by atoms with Gasteiger partial charge in [-0.1, -0.05) is 19.1 Å². The summed E-state index contributed by atoms with van der Waals surface area (Å²) < 4.78 is 2.37. The Balaban J connectivity index is 2.71. The van der Waals surface area contributed by atoms with Gasteiger partial charge in [0.05, 0.1) is 0 Å². The number of aryl methyl sites for hydroxylation is 2. The summed E-state index contributed by atoms with van der Waals surface area (Å²) in [5, 5.41) is 1.36. The fourth-order valence-electron chi connectivity index (χ4n) is 2.34. The molecule has 2 nitrogen and oxygen atoms in total. The van der Waals surface area contributed by atoms with Gasteiger partial charge in [0.25, 0.3) is 0 Å². The van der Waals surface area contributed by atoms with E-state index in [4.69, 9.17) is 5.73 Å². The standard InChI is InChI=1S/C14H20N2/c1-4-16-13-7-5-6-10(2)12(13)8-14(16)11(3)9-15/h5-8,11H,4,9,15H2,1-3H3. The Morgan fingerprint density at radius 1 is 1.38 bits per heavy atom. The lowest BCUT2D eigenvalue weighted by Crippen LogP contribution is -2.13. The first-order chi connectivity index (χ1) is 7.69. The number of hydrogen-bond donors (Lipinski definition) is 1. The van der Waals surface area contributed by atoms with E-state index in [0.29, 0.717) is 12.5 Å². The highest BCUT2D eigenvalue weighted by molar-refractivity contribution is 5.84. The van der Waals surface area contributed by atoms with E-state index in [-0.39, 0.29) is 0 Å². The lowest BCUT2D eigenvalue weighted by Gasteiger charge is -2.12. The molecule has 2 rings (SSSR count). The highest BCUT2D eigenvalue weighted by Crippen LogP contribution is 2.27. The lowest BCUT2D eigenvalue weighted by molar-refractivity contribution is 0.661. The topological polar surface area (TPSA) is 30.9 Å². The number of nitrogens with two attached hydrogens (primary N) is 1. The monoisotopic (exact) mass is 216 g/mol. The molecule has 0 saturated heterocycles. The SMILES string of the molecule is CCn1c(C(C)CN)cc2c(C)cccc21. The van der Waals surface area contributed by atoms with E-state index in [1.807, 2.05) is 0 Å². The van der Waals surface area contributed by atoms with E-state index in [1.54, 1.807) is 0 Å². The van der Waals surface area contributed by atoms with Gasteiger partial charge in [0.2, 0.25) is 0 Å². The second-order valence-corrected chi connectivity index (χ2v) is 4.46. The molecule has 0 radical (unpaired) electrons. The van der Waals surface area contributed by atoms with Crippen LogP contribution >= 0.6 is 0 Å². The number of fused-ring (bicyclic) bond motifs is 1. The summed E-state index contributed by atoms with van der Waals surface area (Å²) in [7, 11) is 0. The first-order valence-electron chi connectivity index (χ1n) is 5.97.